The lowest BCUT2D eigenvalue weighted by molar-refractivity contribution is 0.0963. The van der Waals surface area contributed by atoms with Crippen molar-refractivity contribution in [3.63, 3.8) is 0 Å². The second-order valence-corrected chi connectivity index (χ2v) is 4.39. The van der Waals surface area contributed by atoms with Gasteiger partial charge in [0.2, 0.25) is 0 Å². The van der Waals surface area contributed by atoms with E-state index >= 15 is 0 Å². The number of hydrogen-bond acceptors (Lipinski definition) is 5. The number of aliphatic hydroxyl groups is 2. The molecule has 6 heteroatoms. The van der Waals surface area contributed by atoms with E-state index in [1.165, 1.54) is 7.05 Å². The van der Waals surface area contributed by atoms with Crippen LogP contribution in [-0.2, 0) is 0 Å². The van der Waals surface area contributed by atoms with E-state index in [0.29, 0.717) is 16.9 Å². The Morgan fingerprint density at radius 1 is 1.39 bits per heavy atom. The number of nitrogens with one attached hydrogen (secondary N) is 2. The number of aliphatic hydroxyl groups excluding tert-OH is 2. The summed E-state index contributed by atoms with van der Waals surface area (Å²) in [7, 11) is 1.53. The zero-order valence-electron chi connectivity index (χ0n) is 10.5. The molecule has 0 fully saturated rings. The Hall–Kier alpha value is -1.79. The molecule has 0 radical (unpaired) electrons. The molecule has 100 valence electrons. The number of rotatable bonds is 5. The molecule has 0 aliphatic heterocycles. The van der Waals surface area contributed by atoms with E-state index < -0.39 is 5.54 Å². The molecular formula is C12H19N3O3. The largest absolute Gasteiger partial charge is 0.399 e. The number of anilines is 2. The van der Waals surface area contributed by atoms with Crippen molar-refractivity contribution in [2.75, 3.05) is 31.3 Å². The van der Waals surface area contributed by atoms with Crippen molar-refractivity contribution in [1.29, 1.82) is 0 Å². The Balaban J connectivity index is 3.13. The van der Waals surface area contributed by atoms with E-state index in [-0.39, 0.29) is 19.1 Å². The highest BCUT2D eigenvalue weighted by molar-refractivity contribution is 6.00. The van der Waals surface area contributed by atoms with Gasteiger partial charge in [-0.1, -0.05) is 0 Å². The summed E-state index contributed by atoms with van der Waals surface area (Å²) in [5, 5.41) is 24.0. The molecule has 0 saturated heterocycles. The van der Waals surface area contributed by atoms with Crippen LogP contribution >= 0.6 is 0 Å². The second kappa shape index (κ2) is 5.70. The summed E-state index contributed by atoms with van der Waals surface area (Å²) in [6.45, 7) is 1.10. The fourth-order valence-electron chi connectivity index (χ4n) is 1.45. The van der Waals surface area contributed by atoms with Gasteiger partial charge in [0.25, 0.3) is 5.91 Å². The predicted molar refractivity (Wildman–Crippen MR) is 70.4 cm³/mol. The number of benzene rings is 1. The summed E-state index contributed by atoms with van der Waals surface area (Å²) in [6, 6.07) is 4.80. The van der Waals surface area contributed by atoms with Gasteiger partial charge in [0.1, 0.15) is 0 Å². The van der Waals surface area contributed by atoms with Crippen LogP contribution < -0.4 is 16.4 Å². The molecule has 0 spiro atoms. The van der Waals surface area contributed by atoms with Crippen LogP contribution in [0.3, 0.4) is 0 Å². The Labute approximate surface area is 106 Å². The fourth-order valence-corrected chi connectivity index (χ4v) is 1.45. The SMILES string of the molecule is CNC(=O)c1ccc(N)cc1NC(C)(CO)CO. The first-order valence-electron chi connectivity index (χ1n) is 5.57. The minimum absolute atomic E-state index is 0.268. The van der Waals surface area contributed by atoms with Crippen molar-refractivity contribution in [3.8, 4) is 0 Å². The molecule has 0 saturated carbocycles. The molecule has 0 aliphatic rings. The topological polar surface area (TPSA) is 108 Å². The average Bonchev–Trinajstić information content (AvgIpc) is 2.38. The molecule has 6 N–H and O–H groups in total. The van der Waals surface area contributed by atoms with E-state index in [9.17, 15) is 15.0 Å². The summed E-state index contributed by atoms with van der Waals surface area (Å²) in [4.78, 5) is 11.7. The molecule has 0 aliphatic carbocycles. The van der Waals surface area contributed by atoms with Crippen LogP contribution in [0.25, 0.3) is 0 Å². The Kier molecular flexibility index (Phi) is 4.52. The van der Waals surface area contributed by atoms with Crippen LogP contribution in [0.15, 0.2) is 18.2 Å². The summed E-state index contributed by atoms with van der Waals surface area (Å²) in [5.74, 6) is -0.268. The van der Waals surface area contributed by atoms with E-state index in [2.05, 4.69) is 10.6 Å². The summed E-state index contributed by atoms with van der Waals surface area (Å²) in [6.07, 6.45) is 0. The van der Waals surface area contributed by atoms with E-state index in [4.69, 9.17) is 5.73 Å². The van der Waals surface area contributed by atoms with Gasteiger partial charge in [-0.2, -0.15) is 0 Å². The highest BCUT2D eigenvalue weighted by Gasteiger charge is 2.24. The molecule has 18 heavy (non-hydrogen) atoms. The summed E-state index contributed by atoms with van der Waals surface area (Å²) >= 11 is 0. The van der Waals surface area contributed by atoms with Gasteiger partial charge in [-0.25, -0.2) is 0 Å². The van der Waals surface area contributed by atoms with Crippen molar-refractivity contribution >= 4 is 17.3 Å². The van der Waals surface area contributed by atoms with Gasteiger partial charge < -0.3 is 26.6 Å². The monoisotopic (exact) mass is 253 g/mol. The Morgan fingerprint density at radius 2 is 2.00 bits per heavy atom. The number of nitrogen functional groups attached to an aromatic ring is 1. The maximum absolute atomic E-state index is 11.7. The van der Waals surface area contributed by atoms with Crippen LogP contribution in [0.1, 0.15) is 17.3 Å². The van der Waals surface area contributed by atoms with Crippen molar-refractivity contribution in [2.45, 2.75) is 12.5 Å². The van der Waals surface area contributed by atoms with Gasteiger partial charge in [0.15, 0.2) is 0 Å². The summed E-state index contributed by atoms with van der Waals surface area (Å²) in [5.41, 5.74) is 6.12. The molecular weight excluding hydrogens is 234 g/mol. The van der Waals surface area contributed by atoms with Gasteiger partial charge in [0.05, 0.1) is 24.3 Å². The first-order chi connectivity index (χ1) is 8.45. The highest BCUT2D eigenvalue weighted by atomic mass is 16.3. The third-order valence-electron chi connectivity index (χ3n) is 2.65. The van der Waals surface area contributed by atoms with Crippen molar-refractivity contribution in [2.24, 2.45) is 0 Å². The molecule has 1 rings (SSSR count). The number of hydrogen-bond donors (Lipinski definition) is 5. The van der Waals surface area contributed by atoms with Crippen molar-refractivity contribution in [1.82, 2.24) is 5.32 Å². The lowest BCUT2D eigenvalue weighted by atomic mass is 10.0. The fraction of sp³-hybridized carbons (Fsp3) is 0.417. The third kappa shape index (κ3) is 3.12. The number of carbonyl (C=O) groups excluding carboxylic acids is 1. The first-order valence-corrected chi connectivity index (χ1v) is 5.57. The minimum atomic E-state index is -0.920. The van der Waals surface area contributed by atoms with Crippen molar-refractivity contribution in [3.05, 3.63) is 23.8 Å². The van der Waals surface area contributed by atoms with Crippen LogP contribution in [0.2, 0.25) is 0 Å². The van der Waals surface area contributed by atoms with E-state index in [1.54, 1.807) is 25.1 Å². The van der Waals surface area contributed by atoms with Gasteiger partial charge in [0, 0.05) is 18.4 Å². The quantitative estimate of drug-likeness (QED) is 0.466. The molecule has 1 aromatic rings. The zero-order chi connectivity index (χ0) is 13.8. The molecule has 6 nitrogen and oxygen atoms in total. The predicted octanol–water partition coefficient (Wildman–Crippen LogP) is -0.216. The zero-order valence-corrected chi connectivity index (χ0v) is 10.5. The average molecular weight is 253 g/mol. The maximum Gasteiger partial charge on any atom is 0.253 e. The van der Waals surface area contributed by atoms with Gasteiger partial charge in [-0.05, 0) is 25.1 Å². The van der Waals surface area contributed by atoms with Crippen LogP contribution in [-0.4, -0.2) is 41.9 Å². The number of amides is 1. The third-order valence-corrected chi connectivity index (χ3v) is 2.65. The van der Waals surface area contributed by atoms with Gasteiger partial charge in [-0.15, -0.1) is 0 Å². The highest BCUT2D eigenvalue weighted by Crippen LogP contribution is 2.23. The standard InChI is InChI=1S/C12H19N3O3/c1-12(6-16,7-17)15-10-5-8(13)3-4-9(10)11(18)14-2/h3-5,15-17H,6-7,13H2,1-2H3,(H,14,18). The lowest BCUT2D eigenvalue weighted by Gasteiger charge is -2.28. The maximum atomic E-state index is 11.7. The Morgan fingerprint density at radius 3 is 2.50 bits per heavy atom. The van der Waals surface area contributed by atoms with E-state index in [0.717, 1.165) is 0 Å². The van der Waals surface area contributed by atoms with E-state index in [1.807, 2.05) is 0 Å². The molecule has 0 atom stereocenters. The summed E-state index contributed by atoms with van der Waals surface area (Å²) < 4.78 is 0. The van der Waals surface area contributed by atoms with Crippen LogP contribution in [0.4, 0.5) is 11.4 Å². The number of nitrogens with two attached hydrogens (primary N) is 1. The molecule has 1 aromatic carbocycles. The van der Waals surface area contributed by atoms with Gasteiger partial charge in [-0.3, -0.25) is 4.79 Å². The smallest absolute Gasteiger partial charge is 0.253 e. The number of carbonyl (C=O) groups is 1. The molecule has 0 heterocycles. The van der Waals surface area contributed by atoms with Gasteiger partial charge >= 0.3 is 0 Å². The molecule has 0 aromatic heterocycles. The second-order valence-electron chi connectivity index (χ2n) is 4.39. The normalized spacial score (nSPS) is 11.1. The minimum Gasteiger partial charge on any atom is -0.399 e. The first kappa shape index (κ1) is 14.3. The van der Waals surface area contributed by atoms with Crippen LogP contribution in [0.5, 0.6) is 0 Å². The lowest BCUT2D eigenvalue weighted by Crippen LogP contribution is -2.43. The molecule has 1 amide bonds. The molecule has 0 bridgehead atoms. The van der Waals surface area contributed by atoms with Crippen molar-refractivity contribution < 1.29 is 15.0 Å². The van der Waals surface area contributed by atoms with Crippen LogP contribution in [0, 0.1) is 0 Å². The molecule has 0 unspecified atom stereocenters. The Bertz CT molecular complexity index is 431.